The monoisotopic (exact) mass is 139 g/mol. The number of carbonyl (C=O) groups is 1. The van der Waals surface area contributed by atoms with E-state index < -0.39 is 0 Å². The van der Waals surface area contributed by atoms with Gasteiger partial charge in [-0.05, 0) is 6.92 Å². The molecule has 1 aromatic heterocycles. The van der Waals surface area contributed by atoms with Gasteiger partial charge in [-0.3, -0.25) is 4.79 Å². The average molecular weight is 139 g/mol. The van der Waals surface area contributed by atoms with Crippen LogP contribution in [-0.4, -0.2) is 11.1 Å². The van der Waals surface area contributed by atoms with E-state index >= 15 is 0 Å². The maximum Gasteiger partial charge on any atom is 0.256 e. The number of carbonyl (C=O) groups excluding carboxylic acids is 1. The molecule has 1 amide bonds. The average Bonchev–Trinajstić information content (AvgIpc) is 2.34. The minimum absolute atomic E-state index is 0.279. The van der Waals surface area contributed by atoms with Crippen LogP contribution in [0.3, 0.4) is 0 Å². The van der Waals surface area contributed by atoms with Crippen molar-refractivity contribution in [3.05, 3.63) is 24.6 Å². The van der Waals surface area contributed by atoms with E-state index in [9.17, 15) is 4.79 Å². The first kappa shape index (κ1) is 6.80. The summed E-state index contributed by atoms with van der Waals surface area (Å²) in [4.78, 5) is 10.8. The second-order valence-corrected chi connectivity index (χ2v) is 1.80. The normalized spacial score (nSPS) is 9.40. The Morgan fingerprint density at radius 2 is 2.60 bits per heavy atom. The molecule has 1 heterocycles. The van der Waals surface area contributed by atoms with Crippen LogP contribution in [-0.2, 0) is 0 Å². The van der Waals surface area contributed by atoms with Crippen molar-refractivity contribution in [2.45, 2.75) is 6.92 Å². The Balaban J connectivity index is 2.93. The predicted molar refractivity (Wildman–Crippen MR) is 34.1 cm³/mol. The fourth-order valence-electron chi connectivity index (χ4n) is 0.612. The topological polar surface area (TPSA) is 55.1 Å². The quantitative estimate of drug-likeness (QED) is 0.616. The van der Waals surface area contributed by atoms with Gasteiger partial charge in [-0.25, -0.2) is 0 Å². The smallest absolute Gasteiger partial charge is 0.256 e. The summed E-state index contributed by atoms with van der Waals surface area (Å²) >= 11 is 0. The molecule has 0 unspecified atom stereocenters. The number of aryl methyl sites for hydroxylation is 1. The third-order valence-electron chi connectivity index (χ3n) is 1.16. The van der Waals surface area contributed by atoms with Gasteiger partial charge in [0.25, 0.3) is 5.91 Å². The number of nitrogens with zero attached hydrogens (tertiary/aromatic N) is 1. The van der Waals surface area contributed by atoms with Crippen LogP contribution in [0.15, 0.2) is 10.7 Å². The van der Waals surface area contributed by atoms with E-state index in [1.54, 1.807) is 6.92 Å². The molecule has 0 atom stereocenters. The molecule has 0 aliphatic heterocycles. The van der Waals surface area contributed by atoms with Crippen molar-refractivity contribution in [2.24, 2.45) is 0 Å². The van der Waals surface area contributed by atoms with E-state index in [4.69, 9.17) is 0 Å². The molecule has 1 aromatic rings. The minimum Gasteiger partial charge on any atom is -0.361 e. The van der Waals surface area contributed by atoms with Gasteiger partial charge in [-0.15, -0.1) is 0 Å². The van der Waals surface area contributed by atoms with E-state index in [0.717, 1.165) is 0 Å². The van der Waals surface area contributed by atoms with Crippen LogP contribution in [0.25, 0.3) is 0 Å². The van der Waals surface area contributed by atoms with Crippen LogP contribution in [0, 0.1) is 14.0 Å². The highest BCUT2D eigenvalue weighted by molar-refractivity contribution is 5.94. The molecular formula is C6H7N2O2. The summed E-state index contributed by atoms with van der Waals surface area (Å²) in [6, 6.07) is 0. The minimum atomic E-state index is -0.279. The molecule has 0 spiro atoms. The highest BCUT2D eigenvalue weighted by Gasteiger charge is 2.09. The van der Waals surface area contributed by atoms with E-state index in [1.807, 2.05) is 0 Å². The zero-order chi connectivity index (χ0) is 7.56. The summed E-state index contributed by atoms with van der Waals surface area (Å²) in [5, 5.41) is 5.65. The first-order valence-electron chi connectivity index (χ1n) is 2.74. The van der Waals surface area contributed by atoms with Crippen molar-refractivity contribution in [3.8, 4) is 0 Å². The lowest BCUT2D eigenvalue weighted by molar-refractivity contribution is 0.0967. The van der Waals surface area contributed by atoms with Gasteiger partial charge >= 0.3 is 0 Å². The van der Waals surface area contributed by atoms with Gasteiger partial charge in [0.15, 0.2) is 0 Å². The van der Waals surface area contributed by atoms with E-state index in [2.05, 4.69) is 22.0 Å². The fraction of sp³-hybridized carbons (Fsp3) is 0.167. The van der Waals surface area contributed by atoms with Crippen LogP contribution < -0.4 is 5.32 Å². The predicted octanol–water partition coefficient (Wildman–Crippen LogP) is 0.504. The number of hydrogen-bond acceptors (Lipinski definition) is 3. The van der Waals surface area contributed by atoms with Gasteiger partial charge in [0, 0.05) is 7.05 Å². The molecule has 0 aliphatic rings. The van der Waals surface area contributed by atoms with E-state index in [1.165, 1.54) is 6.20 Å². The Morgan fingerprint density at radius 1 is 1.90 bits per heavy atom. The van der Waals surface area contributed by atoms with Crippen molar-refractivity contribution in [1.82, 2.24) is 10.5 Å². The number of hydrogen-bond donors (Lipinski definition) is 1. The Labute approximate surface area is 58.2 Å². The van der Waals surface area contributed by atoms with Gasteiger partial charge < -0.3 is 9.84 Å². The Kier molecular flexibility index (Phi) is 1.71. The SMILES string of the molecule is [CH2]NC(=O)c1cnoc1C. The lowest BCUT2D eigenvalue weighted by Crippen LogP contribution is -2.15. The van der Waals surface area contributed by atoms with Gasteiger partial charge in [0.05, 0.1) is 6.20 Å². The first-order valence-corrected chi connectivity index (χ1v) is 2.74. The van der Waals surface area contributed by atoms with Crippen LogP contribution in [0.5, 0.6) is 0 Å². The number of nitrogens with one attached hydrogen (secondary N) is 1. The first-order chi connectivity index (χ1) is 4.75. The number of rotatable bonds is 1. The lowest BCUT2D eigenvalue weighted by atomic mass is 10.3. The maximum absolute atomic E-state index is 10.8. The molecule has 0 aliphatic carbocycles. The molecule has 1 rings (SSSR count). The lowest BCUT2D eigenvalue weighted by Gasteiger charge is -1.92. The summed E-state index contributed by atoms with van der Waals surface area (Å²) in [6.07, 6.45) is 1.36. The zero-order valence-electron chi connectivity index (χ0n) is 5.55. The van der Waals surface area contributed by atoms with Crippen LogP contribution in [0.2, 0.25) is 0 Å². The molecule has 1 N–H and O–H groups in total. The number of aromatic nitrogens is 1. The third kappa shape index (κ3) is 1.00. The summed E-state index contributed by atoms with van der Waals surface area (Å²) < 4.78 is 4.65. The van der Waals surface area contributed by atoms with Crippen LogP contribution >= 0.6 is 0 Å². The van der Waals surface area contributed by atoms with Gasteiger partial charge in [0.1, 0.15) is 11.3 Å². The Hall–Kier alpha value is -1.32. The standard InChI is InChI=1S/C6H7N2O2/c1-4-5(3-8-10-4)6(9)7-2/h3H,2H2,1H3,(H,7,9). The molecule has 1 radical (unpaired) electrons. The Bertz CT molecular complexity index is 242. The molecule has 4 nitrogen and oxygen atoms in total. The zero-order valence-corrected chi connectivity index (χ0v) is 5.55. The Morgan fingerprint density at radius 3 is 3.00 bits per heavy atom. The van der Waals surface area contributed by atoms with E-state index in [-0.39, 0.29) is 5.91 Å². The van der Waals surface area contributed by atoms with Crippen molar-refractivity contribution >= 4 is 5.91 Å². The maximum atomic E-state index is 10.8. The number of amides is 1. The fourth-order valence-corrected chi connectivity index (χ4v) is 0.612. The largest absolute Gasteiger partial charge is 0.361 e. The summed E-state index contributed by atoms with van der Waals surface area (Å²) in [5.41, 5.74) is 0.426. The molecule has 10 heavy (non-hydrogen) atoms. The van der Waals surface area contributed by atoms with Crippen LogP contribution in [0.1, 0.15) is 16.1 Å². The summed E-state index contributed by atoms with van der Waals surface area (Å²) in [6.45, 7) is 1.66. The summed E-state index contributed by atoms with van der Waals surface area (Å²) in [7, 11) is 3.21. The molecule has 0 bridgehead atoms. The summed E-state index contributed by atoms with van der Waals surface area (Å²) in [5.74, 6) is 0.222. The van der Waals surface area contributed by atoms with Gasteiger partial charge in [-0.2, -0.15) is 0 Å². The molecule has 0 saturated heterocycles. The molecule has 0 aromatic carbocycles. The van der Waals surface area contributed by atoms with E-state index in [0.29, 0.717) is 11.3 Å². The highest BCUT2D eigenvalue weighted by atomic mass is 16.5. The second kappa shape index (κ2) is 2.51. The molecule has 0 saturated carbocycles. The molecule has 4 heteroatoms. The van der Waals surface area contributed by atoms with Crippen molar-refractivity contribution < 1.29 is 9.32 Å². The third-order valence-corrected chi connectivity index (χ3v) is 1.16. The highest BCUT2D eigenvalue weighted by Crippen LogP contribution is 2.04. The molecule has 53 valence electrons. The van der Waals surface area contributed by atoms with Crippen LogP contribution in [0.4, 0.5) is 0 Å². The van der Waals surface area contributed by atoms with Crippen molar-refractivity contribution in [2.75, 3.05) is 0 Å². The van der Waals surface area contributed by atoms with Gasteiger partial charge in [0.2, 0.25) is 0 Å². The van der Waals surface area contributed by atoms with Gasteiger partial charge in [-0.1, -0.05) is 5.16 Å². The van der Waals surface area contributed by atoms with Crippen molar-refractivity contribution in [3.63, 3.8) is 0 Å². The van der Waals surface area contributed by atoms with Crippen molar-refractivity contribution in [1.29, 1.82) is 0 Å². The second-order valence-electron chi connectivity index (χ2n) is 1.80. The molecule has 0 fully saturated rings. The molecular weight excluding hydrogens is 132 g/mol.